The van der Waals surface area contributed by atoms with E-state index in [0.29, 0.717) is 0 Å². The molecule has 0 amide bonds. The number of esters is 1. The van der Waals surface area contributed by atoms with Gasteiger partial charge in [0.1, 0.15) is 0 Å². The average molecular weight is 280 g/mol. The van der Waals surface area contributed by atoms with E-state index < -0.39 is 42.4 Å². The van der Waals surface area contributed by atoms with Crippen molar-refractivity contribution in [2.24, 2.45) is 0 Å². The molecule has 0 unspecified atom stereocenters. The van der Waals surface area contributed by atoms with Crippen LogP contribution in [0.25, 0.3) is 0 Å². The van der Waals surface area contributed by atoms with Crippen molar-refractivity contribution in [1.82, 2.24) is 0 Å². The van der Waals surface area contributed by atoms with Crippen molar-refractivity contribution in [3.8, 4) is 0 Å². The van der Waals surface area contributed by atoms with E-state index in [-0.39, 0.29) is 0 Å². The van der Waals surface area contributed by atoms with Gasteiger partial charge in [-0.1, -0.05) is 6.58 Å². The first-order valence-electron chi connectivity index (χ1n) is 4.09. The maximum atomic E-state index is 11.9. The third kappa shape index (κ3) is 5.06. The number of alkyl halides is 6. The van der Waals surface area contributed by atoms with Gasteiger partial charge >= 0.3 is 24.3 Å². The minimum absolute atomic E-state index is 0.886. The molecular formula is C8H6F6O4. The SMILES string of the molecule is C=C(CC(=O)OC(C(F)(F)F)C(F)(F)F)C(=O)O. The summed E-state index contributed by atoms with van der Waals surface area (Å²) in [7, 11) is 0. The molecule has 1 N–H and O–H groups in total. The van der Waals surface area contributed by atoms with Crippen molar-refractivity contribution < 1.29 is 45.8 Å². The predicted octanol–water partition coefficient (Wildman–Crippen LogP) is 2.05. The second kappa shape index (κ2) is 5.27. The summed E-state index contributed by atoms with van der Waals surface area (Å²) in [6, 6.07) is 0. The molecule has 0 rings (SSSR count). The molecule has 104 valence electrons. The van der Waals surface area contributed by atoms with Crippen LogP contribution in [0.5, 0.6) is 0 Å². The Morgan fingerprint density at radius 3 is 1.78 bits per heavy atom. The van der Waals surface area contributed by atoms with Gasteiger partial charge in [-0.25, -0.2) is 4.79 Å². The maximum absolute atomic E-state index is 11.9. The zero-order valence-electron chi connectivity index (χ0n) is 8.43. The molecule has 4 nitrogen and oxygen atoms in total. The summed E-state index contributed by atoms with van der Waals surface area (Å²) in [5.41, 5.74) is -0.886. The maximum Gasteiger partial charge on any atom is 0.434 e. The first-order chi connectivity index (χ1) is 7.85. The first-order valence-corrected chi connectivity index (χ1v) is 4.09. The molecule has 0 aromatic carbocycles. The summed E-state index contributed by atoms with van der Waals surface area (Å²) < 4.78 is 74.8. The lowest BCUT2D eigenvalue weighted by Crippen LogP contribution is -2.45. The molecule has 0 aromatic heterocycles. The zero-order chi connectivity index (χ0) is 14.7. The van der Waals surface area contributed by atoms with Crippen LogP contribution < -0.4 is 0 Å². The van der Waals surface area contributed by atoms with E-state index in [1.54, 1.807) is 0 Å². The van der Waals surface area contributed by atoms with Crippen molar-refractivity contribution in [3.05, 3.63) is 12.2 Å². The van der Waals surface area contributed by atoms with Gasteiger partial charge in [-0.2, -0.15) is 26.3 Å². The monoisotopic (exact) mass is 280 g/mol. The number of rotatable bonds is 4. The molecule has 0 bridgehead atoms. The lowest BCUT2D eigenvalue weighted by Gasteiger charge is -2.22. The molecule has 0 aromatic rings. The van der Waals surface area contributed by atoms with E-state index in [9.17, 15) is 35.9 Å². The van der Waals surface area contributed by atoms with E-state index in [1.807, 2.05) is 0 Å². The topological polar surface area (TPSA) is 63.6 Å². The fourth-order valence-corrected chi connectivity index (χ4v) is 0.742. The van der Waals surface area contributed by atoms with Gasteiger partial charge in [-0.05, 0) is 0 Å². The normalized spacial score (nSPS) is 12.4. The standard InChI is InChI=1S/C8H6F6O4/c1-3(5(16)17)2-4(15)18-6(7(9,10)11)8(12,13)14/h6H,1-2H2,(H,16,17). The van der Waals surface area contributed by atoms with Crippen molar-refractivity contribution in [2.45, 2.75) is 24.9 Å². The van der Waals surface area contributed by atoms with Gasteiger partial charge in [-0.3, -0.25) is 4.79 Å². The van der Waals surface area contributed by atoms with E-state index in [0.717, 1.165) is 0 Å². The van der Waals surface area contributed by atoms with Gasteiger partial charge in [0.15, 0.2) is 0 Å². The van der Waals surface area contributed by atoms with Gasteiger partial charge in [0, 0.05) is 5.57 Å². The zero-order valence-corrected chi connectivity index (χ0v) is 8.43. The summed E-state index contributed by atoms with van der Waals surface area (Å²) in [6.45, 7) is 2.76. The molecule has 0 aliphatic heterocycles. The van der Waals surface area contributed by atoms with E-state index in [4.69, 9.17) is 5.11 Å². The van der Waals surface area contributed by atoms with Crippen LogP contribution >= 0.6 is 0 Å². The number of aliphatic carboxylic acids is 1. The third-order valence-electron chi connectivity index (χ3n) is 1.50. The molecule has 0 radical (unpaired) electrons. The molecular weight excluding hydrogens is 274 g/mol. The summed E-state index contributed by atoms with van der Waals surface area (Å²) in [4.78, 5) is 20.9. The molecule has 10 heteroatoms. The number of carboxylic acid groups (broad SMARTS) is 1. The van der Waals surface area contributed by atoms with Crippen LogP contribution in [0.1, 0.15) is 6.42 Å². The Morgan fingerprint density at radius 1 is 1.11 bits per heavy atom. The second-order valence-corrected chi connectivity index (χ2v) is 3.04. The number of carbonyl (C=O) groups excluding carboxylic acids is 1. The summed E-state index contributed by atoms with van der Waals surface area (Å²) in [5.74, 6) is -3.72. The number of ether oxygens (including phenoxy) is 1. The van der Waals surface area contributed by atoms with Crippen LogP contribution in [0.2, 0.25) is 0 Å². The molecule has 0 spiro atoms. The first kappa shape index (κ1) is 16.3. The fourth-order valence-electron chi connectivity index (χ4n) is 0.742. The summed E-state index contributed by atoms with van der Waals surface area (Å²) >= 11 is 0. The molecule has 0 saturated carbocycles. The Bertz CT molecular complexity index is 342. The smallest absolute Gasteiger partial charge is 0.434 e. The largest absolute Gasteiger partial charge is 0.478 e. The molecule has 0 atom stereocenters. The van der Waals surface area contributed by atoms with Crippen LogP contribution in [0, 0.1) is 0 Å². The summed E-state index contributed by atoms with van der Waals surface area (Å²) in [6.07, 6.45) is -17.2. The predicted molar refractivity (Wildman–Crippen MR) is 43.4 cm³/mol. The van der Waals surface area contributed by atoms with E-state index in [2.05, 4.69) is 11.3 Å². The van der Waals surface area contributed by atoms with Crippen LogP contribution in [0.3, 0.4) is 0 Å². The minimum atomic E-state index is -5.83. The van der Waals surface area contributed by atoms with Crippen LogP contribution in [-0.4, -0.2) is 35.5 Å². The lowest BCUT2D eigenvalue weighted by atomic mass is 10.2. The van der Waals surface area contributed by atoms with E-state index in [1.165, 1.54) is 0 Å². The van der Waals surface area contributed by atoms with Crippen LogP contribution in [-0.2, 0) is 14.3 Å². The molecule has 0 aliphatic carbocycles. The molecule has 0 heterocycles. The van der Waals surface area contributed by atoms with Gasteiger partial charge in [0.2, 0.25) is 0 Å². The highest BCUT2D eigenvalue weighted by molar-refractivity contribution is 5.91. The van der Waals surface area contributed by atoms with Crippen molar-refractivity contribution in [2.75, 3.05) is 0 Å². The quantitative estimate of drug-likeness (QED) is 0.486. The molecule has 0 fully saturated rings. The highest BCUT2D eigenvalue weighted by atomic mass is 19.4. The average Bonchev–Trinajstić information content (AvgIpc) is 2.10. The second-order valence-electron chi connectivity index (χ2n) is 3.04. The Kier molecular flexibility index (Phi) is 4.76. The van der Waals surface area contributed by atoms with Crippen LogP contribution in [0.4, 0.5) is 26.3 Å². The Hall–Kier alpha value is -1.74. The highest BCUT2D eigenvalue weighted by Crippen LogP contribution is 2.35. The van der Waals surface area contributed by atoms with Crippen molar-refractivity contribution >= 4 is 11.9 Å². The fraction of sp³-hybridized carbons (Fsp3) is 0.500. The van der Waals surface area contributed by atoms with Gasteiger partial charge < -0.3 is 9.84 Å². The lowest BCUT2D eigenvalue weighted by molar-refractivity contribution is -0.313. The molecule has 18 heavy (non-hydrogen) atoms. The number of carboxylic acids is 1. The van der Waals surface area contributed by atoms with Gasteiger partial charge in [0.05, 0.1) is 6.42 Å². The molecule has 0 aliphatic rings. The Balaban J connectivity index is 4.77. The number of carbonyl (C=O) groups is 2. The number of halogens is 6. The Morgan fingerprint density at radius 2 is 1.50 bits per heavy atom. The van der Waals surface area contributed by atoms with Gasteiger partial charge in [0.25, 0.3) is 6.10 Å². The number of hydrogen-bond donors (Lipinski definition) is 1. The van der Waals surface area contributed by atoms with E-state index >= 15 is 0 Å². The Labute approximate surface area is 95.8 Å². The van der Waals surface area contributed by atoms with Crippen molar-refractivity contribution in [3.63, 3.8) is 0 Å². The summed E-state index contributed by atoms with van der Waals surface area (Å²) in [5, 5.41) is 8.23. The van der Waals surface area contributed by atoms with Crippen molar-refractivity contribution in [1.29, 1.82) is 0 Å². The third-order valence-corrected chi connectivity index (χ3v) is 1.50. The minimum Gasteiger partial charge on any atom is -0.478 e. The molecule has 0 saturated heterocycles. The highest BCUT2D eigenvalue weighted by Gasteiger charge is 2.59. The van der Waals surface area contributed by atoms with Crippen LogP contribution in [0.15, 0.2) is 12.2 Å². The van der Waals surface area contributed by atoms with Gasteiger partial charge in [-0.15, -0.1) is 0 Å². The number of hydrogen-bond acceptors (Lipinski definition) is 3.